The highest BCUT2D eigenvalue weighted by Gasteiger charge is 2.17. The van der Waals surface area contributed by atoms with Gasteiger partial charge in [0.25, 0.3) is 0 Å². The maximum absolute atomic E-state index is 11.9. The predicted molar refractivity (Wildman–Crippen MR) is 96.7 cm³/mol. The lowest BCUT2D eigenvalue weighted by molar-refractivity contribution is 0.340. The van der Waals surface area contributed by atoms with Gasteiger partial charge in [-0.1, -0.05) is 18.2 Å². The van der Waals surface area contributed by atoms with Crippen molar-refractivity contribution in [2.24, 2.45) is 4.99 Å². The van der Waals surface area contributed by atoms with E-state index in [2.05, 4.69) is 15.2 Å². The summed E-state index contributed by atoms with van der Waals surface area (Å²) < 4.78 is 23.9. The lowest BCUT2D eigenvalue weighted by Gasteiger charge is -2.30. The van der Waals surface area contributed by atoms with Gasteiger partial charge in [0.2, 0.25) is 0 Å². The molecular weight excluding hydrogens is 310 g/mol. The normalized spacial score (nSPS) is 16.7. The third kappa shape index (κ3) is 5.53. The van der Waals surface area contributed by atoms with Gasteiger partial charge in [-0.05, 0) is 45.2 Å². The SMILES string of the molecule is CC(C)S(=O)(=O)CCN=C(Nc1ccccc1)N1CCCCC1. The van der Waals surface area contributed by atoms with Crippen molar-refractivity contribution in [3.63, 3.8) is 0 Å². The summed E-state index contributed by atoms with van der Waals surface area (Å²) in [5.74, 6) is 0.883. The summed E-state index contributed by atoms with van der Waals surface area (Å²) in [6.45, 7) is 5.66. The Kier molecular flexibility index (Phi) is 6.45. The van der Waals surface area contributed by atoms with E-state index < -0.39 is 9.84 Å². The number of hydrogen-bond acceptors (Lipinski definition) is 3. The summed E-state index contributed by atoms with van der Waals surface area (Å²) in [6, 6.07) is 9.89. The van der Waals surface area contributed by atoms with E-state index in [9.17, 15) is 8.42 Å². The lowest BCUT2D eigenvalue weighted by Crippen LogP contribution is -2.40. The second-order valence-electron chi connectivity index (χ2n) is 6.16. The molecule has 6 heteroatoms. The summed E-state index contributed by atoms with van der Waals surface area (Å²) >= 11 is 0. The highest BCUT2D eigenvalue weighted by Crippen LogP contribution is 2.13. The number of anilines is 1. The van der Waals surface area contributed by atoms with E-state index >= 15 is 0 Å². The summed E-state index contributed by atoms with van der Waals surface area (Å²) in [4.78, 5) is 6.78. The number of nitrogens with one attached hydrogen (secondary N) is 1. The predicted octanol–water partition coefficient (Wildman–Crippen LogP) is 2.76. The van der Waals surface area contributed by atoms with Crippen molar-refractivity contribution in [3.8, 4) is 0 Å². The third-order valence-electron chi connectivity index (χ3n) is 4.04. The van der Waals surface area contributed by atoms with Crippen LogP contribution in [0.4, 0.5) is 5.69 Å². The van der Waals surface area contributed by atoms with Crippen LogP contribution in [0.2, 0.25) is 0 Å². The number of benzene rings is 1. The number of guanidine groups is 1. The van der Waals surface area contributed by atoms with Crippen molar-refractivity contribution in [2.75, 3.05) is 30.7 Å². The van der Waals surface area contributed by atoms with E-state index in [1.54, 1.807) is 13.8 Å². The highest BCUT2D eigenvalue weighted by atomic mass is 32.2. The molecule has 1 aromatic rings. The molecule has 1 fully saturated rings. The van der Waals surface area contributed by atoms with Crippen molar-refractivity contribution in [1.82, 2.24) is 4.90 Å². The van der Waals surface area contributed by atoms with Gasteiger partial charge in [-0.2, -0.15) is 0 Å². The van der Waals surface area contributed by atoms with Crippen LogP contribution in [0.1, 0.15) is 33.1 Å². The molecule has 23 heavy (non-hydrogen) atoms. The Hall–Kier alpha value is -1.56. The Morgan fingerprint density at radius 3 is 2.43 bits per heavy atom. The molecule has 1 saturated heterocycles. The molecule has 0 saturated carbocycles. The van der Waals surface area contributed by atoms with E-state index in [0.29, 0.717) is 6.54 Å². The molecule has 1 N–H and O–H groups in total. The monoisotopic (exact) mass is 337 g/mol. The van der Waals surface area contributed by atoms with Crippen LogP contribution in [0.5, 0.6) is 0 Å². The van der Waals surface area contributed by atoms with Gasteiger partial charge >= 0.3 is 0 Å². The number of piperidine rings is 1. The molecule has 1 heterocycles. The van der Waals surface area contributed by atoms with Crippen LogP contribution in [0.15, 0.2) is 35.3 Å². The molecule has 1 aliphatic rings. The molecule has 0 spiro atoms. The number of sulfone groups is 1. The fraction of sp³-hybridized carbons (Fsp3) is 0.588. The zero-order valence-corrected chi connectivity index (χ0v) is 14.8. The fourth-order valence-corrected chi connectivity index (χ4v) is 3.31. The van der Waals surface area contributed by atoms with Crippen LogP contribution in [0, 0.1) is 0 Å². The van der Waals surface area contributed by atoms with E-state index in [4.69, 9.17) is 0 Å². The Labute approximate surface area is 139 Å². The smallest absolute Gasteiger partial charge is 0.198 e. The Bertz CT molecular complexity index is 606. The molecule has 5 nitrogen and oxygen atoms in total. The van der Waals surface area contributed by atoms with Crippen molar-refractivity contribution < 1.29 is 8.42 Å². The molecule has 128 valence electrons. The standard InChI is InChI=1S/C17H27N3O2S/c1-15(2)23(21,22)14-11-18-17(20-12-7-4-8-13-20)19-16-9-5-3-6-10-16/h3,5-6,9-10,15H,4,7-8,11-14H2,1-2H3,(H,18,19). The average Bonchev–Trinajstić information content (AvgIpc) is 2.55. The molecule has 2 rings (SSSR count). The minimum atomic E-state index is -3.05. The van der Waals surface area contributed by atoms with Gasteiger partial charge in [0.15, 0.2) is 15.8 Å². The summed E-state index contributed by atoms with van der Waals surface area (Å²) in [5, 5.41) is 3.00. The van der Waals surface area contributed by atoms with Crippen molar-refractivity contribution in [2.45, 2.75) is 38.4 Å². The van der Waals surface area contributed by atoms with E-state index in [-0.39, 0.29) is 11.0 Å². The van der Waals surface area contributed by atoms with Crippen LogP contribution in [-0.4, -0.2) is 49.9 Å². The second kappa shape index (κ2) is 8.34. The minimum Gasteiger partial charge on any atom is -0.343 e. The van der Waals surface area contributed by atoms with E-state index in [1.165, 1.54) is 6.42 Å². The first-order valence-electron chi connectivity index (χ1n) is 8.32. The minimum absolute atomic E-state index is 0.0957. The van der Waals surface area contributed by atoms with Gasteiger partial charge in [-0.25, -0.2) is 8.42 Å². The number of hydrogen-bond donors (Lipinski definition) is 1. The molecule has 0 amide bonds. The first kappa shape index (κ1) is 17.8. The topological polar surface area (TPSA) is 61.8 Å². The van der Waals surface area contributed by atoms with Crippen LogP contribution in [-0.2, 0) is 9.84 Å². The van der Waals surface area contributed by atoms with Gasteiger partial charge < -0.3 is 10.2 Å². The van der Waals surface area contributed by atoms with E-state index in [1.807, 2.05) is 30.3 Å². The highest BCUT2D eigenvalue weighted by molar-refractivity contribution is 7.92. The Morgan fingerprint density at radius 2 is 1.83 bits per heavy atom. The summed E-state index contributed by atoms with van der Waals surface area (Å²) in [6.07, 6.45) is 3.55. The molecule has 0 bridgehead atoms. The van der Waals surface area contributed by atoms with Gasteiger partial charge in [-0.15, -0.1) is 0 Å². The van der Waals surface area contributed by atoms with Crippen LogP contribution >= 0.6 is 0 Å². The molecule has 0 aliphatic carbocycles. The summed E-state index contributed by atoms with van der Waals surface area (Å²) in [5.41, 5.74) is 0.976. The average molecular weight is 337 g/mol. The summed E-state index contributed by atoms with van der Waals surface area (Å²) in [7, 11) is -3.05. The quantitative estimate of drug-likeness (QED) is 0.663. The number of aliphatic imine (C=N–C) groups is 1. The lowest BCUT2D eigenvalue weighted by atomic mass is 10.1. The molecule has 1 aliphatic heterocycles. The third-order valence-corrected chi connectivity index (χ3v) is 6.23. The Balaban J connectivity index is 2.07. The first-order chi connectivity index (χ1) is 11.0. The molecule has 1 aromatic carbocycles. The van der Waals surface area contributed by atoms with Gasteiger partial charge in [0.05, 0.1) is 17.5 Å². The van der Waals surface area contributed by atoms with Crippen molar-refractivity contribution >= 4 is 21.5 Å². The van der Waals surface area contributed by atoms with Gasteiger partial charge in [0, 0.05) is 18.8 Å². The fourth-order valence-electron chi connectivity index (χ4n) is 2.49. The van der Waals surface area contributed by atoms with E-state index in [0.717, 1.165) is 37.6 Å². The number of rotatable bonds is 5. The maximum atomic E-state index is 11.9. The first-order valence-corrected chi connectivity index (χ1v) is 10.0. The molecule has 0 atom stereocenters. The molecule has 0 radical (unpaired) electrons. The number of para-hydroxylation sites is 1. The van der Waals surface area contributed by atoms with Crippen molar-refractivity contribution in [3.05, 3.63) is 30.3 Å². The number of nitrogens with zero attached hydrogens (tertiary/aromatic N) is 2. The zero-order chi connectivity index (χ0) is 16.7. The zero-order valence-electron chi connectivity index (χ0n) is 14.0. The van der Waals surface area contributed by atoms with Gasteiger partial charge in [0.1, 0.15) is 0 Å². The van der Waals surface area contributed by atoms with Gasteiger partial charge in [-0.3, -0.25) is 4.99 Å². The Morgan fingerprint density at radius 1 is 1.17 bits per heavy atom. The van der Waals surface area contributed by atoms with Crippen molar-refractivity contribution in [1.29, 1.82) is 0 Å². The maximum Gasteiger partial charge on any atom is 0.198 e. The second-order valence-corrected chi connectivity index (χ2v) is 8.84. The van der Waals surface area contributed by atoms with Crippen LogP contribution < -0.4 is 5.32 Å². The largest absolute Gasteiger partial charge is 0.343 e. The van der Waals surface area contributed by atoms with Crippen LogP contribution in [0.3, 0.4) is 0 Å². The molecule has 0 aromatic heterocycles. The molecular formula is C17H27N3O2S. The molecule has 0 unspecified atom stereocenters. The number of likely N-dealkylation sites (tertiary alicyclic amines) is 1. The van der Waals surface area contributed by atoms with Crippen LogP contribution in [0.25, 0.3) is 0 Å².